The number of nitrogens with zero attached hydrogens (tertiary/aromatic N) is 1. The maximum atomic E-state index is 12.3. The Morgan fingerprint density at radius 2 is 2.00 bits per heavy atom. The Morgan fingerprint density at radius 1 is 1.25 bits per heavy atom. The number of rotatable bonds is 3. The molecule has 20 heavy (non-hydrogen) atoms. The van der Waals surface area contributed by atoms with Gasteiger partial charge in [-0.15, -0.1) is 0 Å². The van der Waals surface area contributed by atoms with Gasteiger partial charge in [0.15, 0.2) is 0 Å². The van der Waals surface area contributed by atoms with Crippen LogP contribution in [0.25, 0.3) is 10.9 Å². The fraction of sp³-hybridized carbons (Fsp3) is 0.467. The largest absolute Gasteiger partial charge is 0.349 e. The van der Waals surface area contributed by atoms with Gasteiger partial charge in [-0.05, 0) is 50.9 Å². The number of fused-ring (bicyclic) bond motifs is 1. The summed E-state index contributed by atoms with van der Waals surface area (Å²) < 4.78 is 0. The Bertz CT molecular complexity index is 599. The molecule has 0 spiro atoms. The molecule has 1 aliphatic carbocycles. The van der Waals surface area contributed by atoms with E-state index in [4.69, 9.17) is 0 Å². The third kappa shape index (κ3) is 2.67. The van der Waals surface area contributed by atoms with Crippen molar-refractivity contribution in [1.82, 2.24) is 20.8 Å². The summed E-state index contributed by atoms with van der Waals surface area (Å²) in [6.45, 7) is 0. The summed E-state index contributed by atoms with van der Waals surface area (Å²) in [5.74, 6) is 0.0148. The minimum absolute atomic E-state index is 0.0148. The summed E-state index contributed by atoms with van der Waals surface area (Å²) >= 11 is 0. The highest BCUT2D eigenvalue weighted by atomic mass is 16.1. The number of H-pyrrole nitrogens is 1. The monoisotopic (exact) mass is 272 g/mol. The first-order valence-corrected chi connectivity index (χ1v) is 7.17. The van der Waals surface area contributed by atoms with Crippen LogP contribution < -0.4 is 10.6 Å². The number of aromatic nitrogens is 2. The number of hydrogen-bond acceptors (Lipinski definition) is 3. The van der Waals surface area contributed by atoms with E-state index in [9.17, 15) is 4.79 Å². The van der Waals surface area contributed by atoms with Gasteiger partial charge in [-0.3, -0.25) is 9.89 Å². The molecule has 1 saturated carbocycles. The second kappa shape index (κ2) is 5.63. The standard InChI is InChI=1S/C15H20N4O/c1-16-12-3-5-13(6-4-12)18-15(20)10-2-7-14-11(8-10)9-17-19-14/h2,7-9,12-13,16H,3-6H2,1H3,(H,17,19)(H,18,20). The van der Waals surface area contributed by atoms with Crippen molar-refractivity contribution in [3.8, 4) is 0 Å². The van der Waals surface area contributed by atoms with Crippen LogP contribution in [0.4, 0.5) is 0 Å². The molecule has 1 fully saturated rings. The van der Waals surface area contributed by atoms with Crippen LogP contribution in [0, 0.1) is 0 Å². The molecule has 0 saturated heterocycles. The average molecular weight is 272 g/mol. The SMILES string of the molecule is CNC1CCC(NC(=O)c2ccc3[nH]ncc3c2)CC1. The molecular weight excluding hydrogens is 252 g/mol. The fourth-order valence-electron chi connectivity index (χ4n) is 2.88. The van der Waals surface area contributed by atoms with E-state index in [0.29, 0.717) is 17.6 Å². The summed E-state index contributed by atoms with van der Waals surface area (Å²) in [7, 11) is 2.00. The molecule has 1 aromatic heterocycles. The lowest BCUT2D eigenvalue weighted by atomic mass is 9.91. The molecule has 0 bridgehead atoms. The van der Waals surface area contributed by atoms with Gasteiger partial charge in [0.1, 0.15) is 0 Å². The molecule has 5 nitrogen and oxygen atoms in total. The van der Waals surface area contributed by atoms with E-state index < -0.39 is 0 Å². The Balaban J connectivity index is 1.64. The Kier molecular flexibility index (Phi) is 3.69. The maximum absolute atomic E-state index is 12.3. The van der Waals surface area contributed by atoms with Crippen LogP contribution in [0.1, 0.15) is 36.0 Å². The topological polar surface area (TPSA) is 69.8 Å². The molecule has 0 radical (unpaired) electrons. The molecule has 5 heteroatoms. The lowest BCUT2D eigenvalue weighted by molar-refractivity contribution is 0.0925. The zero-order valence-corrected chi connectivity index (χ0v) is 11.6. The van der Waals surface area contributed by atoms with Gasteiger partial charge in [0.25, 0.3) is 5.91 Å². The van der Waals surface area contributed by atoms with E-state index in [1.54, 1.807) is 6.20 Å². The lowest BCUT2D eigenvalue weighted by Crippen LogP contribution is -2.41. The molecule has 0 atom stereocenters. The van der Waals surface area contributed by atoms with Crippen molar-refractivity contribution in [2.75, 3.05) is 7.05 Å². The Hall–Kier alpha value is -1.88. The highest BCUT2D eigenvalue weighted by Gasteiger charge is 2.21. The van der Waals surface area contributed by atoms with Crippen molar-refractivity contribution in [2.24, 2.45) is 0 Å². The van der Waals surface area contributed by atoms with E-state index in [2.05, 4.69) is 20.8 Å². The van der Waals surface area contributed by atoms with Gasteiger partial charge in [0, 0.05) is 23.0 Å². The van der Waals surface area contributed by atoms with Gasteiger partial charge in [-0.1, -0.05) is 0 Å². The van der Waals surface area contributed by atoms with Crippen molar-refractivity contribution in [1.29, 1.82) is 0 Å². The normalized spacial score (nSPS) is 22.9. The molecule has 1 aromatic carbocycles. The quantitative estimate of drug-likeness (QED) is 0.798. The fourth-order valence-corrected chi connectivity index (χ4v) is 2.88. The summed E-state index contributed by atoms with van der Waals surface area (Å²) in [5, 5.41) is 14.3. The van der Waals surface area contributed by atoms with Crippen molar-refractivity contribution in [2.45, 2.75) is 37.8 Å². The van der Waals surface area contributed by atoms with Crippen molar-refractivity contribution >= 4 is 16.8 Å². The van der Waals surface area contributed by atoms with Crippen LogP contribution in [0.5, 0.6) is 0 Å². The van der Waals surface area contributed by atoms with Crippen LogP contribution in [-0.2, 0) is 0 Å². The van der Waals surface area contributed by atoms with Gasteiger partial charge in [-0.25, -0.2) is 0 Å². The third-order valence-corrected chi connectivity index (χ3v) is 4.17. The highest BCUT2D eigenvalue weighted by molar-refractivity contribution is 5.97. The predicted molar refractivity (Wildman–Crippen MR) is 78.7 cm³/mol. The Labute approximate surface area is 118 Å². The summed E-state index contributed by atoms with van der Waals surface area (Å²) in [4.78, 5) is 12.3. The summed E-state index contributed by atoms with van der Waals surface area (Å²) in [6.07, 6.45) is 6.09. The molecular formula is C15H20N4O. The zero-order valence-electron chi connectivity index (χ0n) is 11.6. The number of nitrogens with one attached hydrogen (secondary N) is 3. The first-order valence-electron chi connectivity index (χ1n) is 7.17. The van der Waals surface area contributed by atoms with Gasteiger partial charge < -0.3 is 10.6 Å². The van der Waals surface area contributed by atoms with E-state index in [0.717, 1.165) is 36.6 Å². The predicted octanol–water partition coefficient (Wildman–Crippen LogP) is 1.82. The molecule has 1 aliphatic rings. The number of carbonyl (C=O) groups excluding carboxylic acids is 1. The van der Waals surface area contributed by atoms with Crippen LogP contribution in [0.15, 0.2) is 24.4 Å². The van der Waals surface area contributed by atoms with Crippen molar-refractivity contribution < 1.29 is 4.79 Å². The van der Waals surface area contributed by atoms with Crippen LogP contribution in [0.3, 0.4) is 0 Å². The van der Waals surface area contributed by atoms with Crippen molar-refractivity contribution in [3.05, 3.63) is 30.0 Å². The zero-order chi connectivity index (χ0) is 13.9. The molecule has 106 valence electrons. The molecule has 3 rings (SSSR count). The van der Waals surface area contributed by atoms with Crippen molar-refractivity contribution in [3.63, 3.8) is 0 Å². The maximum Gasteiger partial charge on any atom is 0.251 e. The third-order valence-electron chi connectivity index (χ3n) is 4.17. The number of benzene rings is 1. The number of aromatic amines is 1. The minimum Gasteiger partial charge on any atom is -0.349 e. The second-order valence-electron chi connectivity index (χ2n) is 5.48. The lowest BCUT2D eigenvalue weighted by Gasteiger charge is -2.28. The molecule has 2 aromatic rings. The van der Waals surface area contributed by atoms with E-state index in [1.807, 2.05) is 25.2 Å². The van der Waals surface area contributed by atoms with Gasteiger partial charge in [0.05, 0.1) is 11.7 Å². The van der Waals surface area contributed by atoms with Crippen LogP contribution >= 0.6 is 0 Å². The first-order chi connectivity index (χ1) is 9.76. The Morgan fingerprint density at radius 3 is 2.75 bits per heavy atom. The number of hydrogen-bond donors (Lipinski definition) is 3. The summed E-state index contributed by atoms with van der Waals surface area (Å²) in [6, 6.07) is 6.52. The molecule has 1 heterocycles. The average Bonchev–Trinajstić information content (AvgIpc) is 2.95. The molecule has 3 N–H and O–H groups in total. The summed E-state index contributed by atoms with van der Waals surface area (Å²) in [5.41, 5.74) is 1.66. The minimum atomic E-state index is 0.0148. The highest BCUT2D eigenvalue weighted by Crippen LogP contribution is 2.19. The first kappa shape index (κ1) is 13.1. The van der Waals surface area contributed by atoms with Gasteiger partial charge >= 0.3 is 0 Å². The van der Waals surface area contributed by atoms with E-state index in [1.165, 1.54) is 0 Å². The second-order valence-corrected chi connectivity index (χ2v) is 5.48. The molecule has 0 aliphatic heterocycles. The molecule has 1 amide bonds. The van der Waals surface area contributed by atoms with Crippen LogP contribution in [0.2, 0.25) is 0 Å². The smallest absolute Gasteiger partial charge is 0.251 e. The van der Waals surface area contributed by atoms with Crippen LogP contribution in [-0.4, -0.2) is 35.2 Å². The van der Waals surface area contributed by atoms with E-state index >= 15 is 0 Å². The molecule has 0 unspecified atom stereocenters. The van der Waals surface area contributed by atoms with Gasteiger partial charge in [-0.2, -0.15) is 5.10 Å². The number of amides is 1. The van der Waals surface area contributed by atoms with Gasteiger partial charge in [0.2, 0.25) is 0 Å². The van der Waals surface area contributed by atoms with E-state index in [-0.39, 0.29) is 5.91 Å². The number of carbonyl (C=O) groups is 1.